The van der Waals surface area contributed by atoms with Gasteiger partial charge in [-0.2, -0.15) is 0 Å². The lowest BCUT2D eigenvalue weighted by molar-refractivity contribution is -0.116. The van der Waals surface area contributed by atoms with Gasteiger partial charge in [0.05, 0.1) is 11.9 Å². The van der Waals surface area contributed by atoms with E-state index in [9.17, 15) is 13.2 Å². The lowest BCUT2D eigenvalue weighted by Gasteiger charge is -2.28. The molecule has 1 atom stereocenters. The van der Waals surface area contributed by atoms with Crippen molar-refractivity contribution in [2.75, 3.05) is 22.7 Å². The maximum absolute atomic E-state index is 12.7. The molecule has 0 unspecified atom stereocenters. The van der Waals surface area contributed by atoms with Gasteiger partial charge in [-0.15, -0.1) is 0 Å². The number of rotatable bonds is 5. The number of anilines is 2. The highest BCUT2D eigenvalue weighted by atomic mass is 32.2. The molecule has 8 heteroatoms. The van der Waals surface area contributed by atoms with E-state index in [0.717, 1.165) is 21.7 Å². The third-order valence-electron chi connectivity index (χ3n) is 4.47. The average Bonchev–Trinajstić information content (AvgIpc) is 3.04. The van der Waals surface area contributed by atoms with Crippen molar-refractivity contribution in [2.45, 2.75) is 26.8 Å². The smallest absolute Gasteiger partial charge is 0.247 e. The summed E-state index contributed by atoms with van der Waals surface area (Å²) in [6, 6.07) is 9.39. The lowest BCUT2D eigenvalue weighted by atomic mass is 10.1. The van der Waals surface area contributed by atoms with Crippen molar-refractivity contribution >= 4 is 27.3 Å². The fourth-order valence-corrected chi connectivity index (χ4v) is 4.06. The Labute approximate surface area is 158 Å². The van der Waals surface area contributed by atoms with Crippen molar-refractivity contribution in [3.8, 4) is 11.5 Å². The van der Waals surface area contributed by atoms with E-state index >= 15 is 0 Å². The maximum atomic E-state index is 12.7. The Morgan fingerprint density at radius 2 is 1.78 bits per heavy atom. The van der Waals surface area contributed by atoms with Crippen molar-refractivity contribution < 1.29 is 22.7 Å². The zero-order valence-corrected chi connectivity index (χ0v) is 16.5. The SMILES string of the molecule is Cc1ccc(N([C@H](C)C(=O)Nc2ccc3c(c2)OCO3)S(C)(=O)=O)cc1C. The number of nitrogens with zero attached hydrogens (tertiary/aromatic N) is 1. The van der Waals surface area contributed by atoms with E-state index in [0.29, 0.717) is 22.9 Å². The van der Waals surface area contributed by atoms with Crippen LogP contribution >= 0.6 is 0 Å². The predicted molar refractivity (Wildman–Crippen MR) is 104 cm³/mol. The molecular formula is C19H22N2O5S. The van der Waals surface area contributed by atoms with Crippen LogP contribution in [0.5, 0.6) is 11.5 Å². The summed E-state index contributed by atoms with van der Waals surface area (Å²) in [6.07, 6.45) is 1.09. The molecule has 144 valence electrons. The van der Waals surface area contributed by atoms with Gasteiger partial charge >= 0.3 is 0 Å². The van der Waals surface area contributed by atoms with Gasteiger partial charge in [0.25, 0.3) is 0 Å². The summed E-state index contributed by atoms with van der Waals surface area (Å²) < 4.78 is 36.4. The number of benzene rings is 2. The molecule has 1 aliphatic heterocycles. The first kappa shape index (κ1) is 19.0. The van der Waals surface area contributed by atoms with Gasteiger partial charge in [-0.3, -0.25) is 9.10 Å². The van der Waals surface area contributed by atoms with Crippen molar-refractivity contribution in [3.63, 3.8) is 0 Å². The Balaban J connectivity index is 1.86. The van der Waals surface area contributed by atoms with Gasteiger partial charge in [-0.1, -0.05) is 6.07 Å². The first-order chi connectivity index (χ1) is 12.7. The summed E-state index contributed by atoms with van der Waals surface area (Å²) in [5.74, 6) is 0.695. The molecule has 0 radical (unpaired) electrons. The summed E-state index contributed by atoms with van der Waals surface area (Å²) >= 11 is 0. The highest BCUT2D eigenvalue weighted by Crippen LogP contribution is 2.34. The molecule has 0 fully saturated rings. The number of amides is 1. The summed E-state index contributed by atoms with van der Waals surface area (Å²) in [5.41, 5.74) is 2.95. The maximum Gasteiger partial charge on any atom is 0.247 e. The molecule has 0 saturated carbocycles. The molecular weight excluding hydrogens is 368 g/mol. The van der Waals surface area contributed by atoms with E-state index in [1.807, 2.05) is 19.9 Å². The molecule has 0 bridgehead atoms. The van der Waals surface area contributed by atoms with Crippen molar-refractivity contribution in [3.05, 3.63) is 47.5 Å². The van der Waals surface area contributed by atoms with Crippen molar-refractivity contribution in [1.29, 1.82) is 0 Å². The highest BCUT2D eigenvalue weighted by molar-refractivity contribution is 7.92. The number of hydrogen-bond donors (Lipinski definition) is 1. The van der Waals surface area contributed by atoms with Crippen LogP contribution < -0.4 is 19.1 Å². The standard InChI is InChI=1S/C19H22N2O5S/c1-12-5-7-16(9-13(12)2)21(27(4,23)24)14(3)19(22)20-15-6-8-17-18(10-15)26-11-25-17/h5-10,14H,11H2,1-4H3,(H,20,22)/t14-/m1/s1. The van der Waals surface area contributed by atoms with Crippen LogP contribution in [0.15, 0.2) is 36.4 Å². The summed E-state index contributed by atoms with van der Waals surface area (Å²) in [4.78, 5) is 12.7. The molecule has 27 heavy (non-hydrogen) atoms. The van der Waals surface area contributed by atoms with E-state index in [4.69, 9.17) is 9.47 Å². The Kier molecular flexibility index (Phi) is 5.01. The van der Waals surface area contributed by atoms with Gasteiger partial charge < -0.3 is 14.8 Å². The first-order valence-corrected chi connectivity index (χ1v) is 10.3. The molecule has 2 aromatic rings. The van der Waals surface area contributed by atoms with Crippen LogP contribution in [0.25, 0.3) is 0 Å². The number of nitrogens with one attached hydrogen (secondary N) is 1. The van der Waals surface area contributed by atoms with Gasteiger partial charge in [0, 0.05) is 11.8 Å². The molecule has 0 saturated heterocycles. The minimum Gasteiger partial charge on any atom is -0.454 e. The summed E-state index contributed by atoms with van der Waals surface area (Å²) in [7, 11) is -3.67. The molecule has 2 aromatic carbocycles. The number of carbonyl (C=O) groups excluding carboxylic acids is 1. The van der Waals surface area contributed by atoms with Crippen molar-refractivity contribution in [1.82, 2.24) is 0 Å². The monoisotopic (exact) mass is 390 g/mol. The first-order valence-electron chi connectivity index (χ1n) is 8.44. The van der Waals surface area contributed by atoms with E-state index in [2.05, 4.69) is 5.32 Å². The normalized spacial score (nSPS) is 13.9. The quantitative estimate of drug-likeness (QED) is 0.849. The van der Waals surface area contributed by atoms with Gasteiger partial charge in [-0.25, -0.2) is 8.42 Å². The number of ether oxygens (including phenoxy) is 2. The van der Waals surface area contributed by atoms with Crippen LogP contribution in [0.3, 0.4) is 0 Å². The average molecular weight is 390 g/mol. The molecule has 0 aromatic heterocycles. The minimum absolute atomic E-state index is 0.137. The molecule has 0 spiro atoms. The van der Waals surface area contributed by atoms with E-state index in [1.165, 1.54) is 0 Å². The van der Waals surface area contributed by atoms with Gasteiger partial charge in [0.15, 0.2) is 11.5 Å². The van der Waals surface area contributed by atoms with Gasteiger partial charge in [0.2, 0.25) is 22.7 Å². The number of carbonyl (C=O) groups is 1. The second kappa shape index (κ2) is 7.11. The fourth-order valence-electron chi connectivity index (χ4n) is 2.89. The van der Waals surface area contributed by atoms with Crippen LogP contribution in [-0.4, -0.2) is 33.4 Å². The van der Waals surface area contributed by atoms with Crippen LogP contribution in [0.1, 0.15) is 18.1 Å². The fraction of sp³-hybridized carbons (Fsp3) is 0.316. The molecule has 1 amide bonds. The van der Waals surface area contributed by atoms with Gasteiger partial charge in [0.1, 0.15) is 6.04 Å². The zero-order valence-electron chi connectivity index (χ0n) is 15.6. The largest absolute Gasteiger partial charge is 0.454 e. The molecule has 0 aliphatic carbocycles. The molecule has 1 N–H and O–H groups in total. The minimum atomic E-state index is -3.67. The summed E-state index contributed by atoms with van der Waals surface area (Å²) in [5, 5.41) is 2.74. The summed E-state index contributed by atoms with van der Waals surface area (Å²) in [6.45, 7) is 5.53. The molecule has 1 heterocycles. The molecule has 3 rings (SSSR count). The van der Waals surface area contributed by atoms with E-state index in [1.54, 1.807) is 37.3 Å². The number of fused-ring (bicyclic) bond motifs is 1. The van der Waals surface area contributed by atoms with Crippen molar-refractivity contribution in [2.24, 2.45) is 0 Å². The predicted octanol–water partition coefficient (Wildman–Crippen LogP) is 2.83. The van der Waals surface area contributed by atoms with E-state index in [-0.39, 0.29) is 6.79 Å². The third kappa shape index (κ3) is 4.00. The van der Waals surface area contributed by atoms with Crippen LogP contribution in [0.4, 0.5) is 11.4 Å². The van der Waals surface area contributed by atoms with Crippen LogP contribution in [0, 0.1) is 13.8 Å². The zero-order chi connectivity index (χ0) is 19.8. The van der Waals surface area contributed by atoms with Crippen LogP contribution in [0.2, 0.25) is 0 Å². The highest BCUT2D eigenvalue weighted by Gasteiger charge is 2.29. The Hall–Kier alpha value is -2.74. The number of hydrogen-bond acceptors (Lipinski definition) is 5. The van der Waals surface area contributed by atoms with Crippen LogP contribution in [-0.2, 0) is 14.8 Å². The molecule has 7 nitrogen and oxygen atoms in total. The number of sulfonamides is 1. The Morgan fingerprint density at radius 3 is 2.44 bits per heavy atom. The Bertz CT molecular complexity index is 988. The second-order valence-electron chi connectivity index (χ2n) is 6.56. The lowest BCUT2D eigenvalue weighted by Crippen LogP contribution is -2.45. The van der Waals surface area contributed by atoms with Gasteiger partial charge in [-0.05, 0) is 56.2 Å². The van der Waals surface area contributed by atoms with E-state index < -0.39 is 22.0 Å². The molecule has 1 aliphatic rings. The Morgan fingerprint density at radius 1 is 1.07 bits per heavy atom. The second-order valence-corrected chi connectivity index (χ2v) is 8.42. The third-order valence-corrected chi connectivity index (χ3v) is 5.72. The number of aryl methyl sites for hydroxylation is 2. The topological polar surface area (TPSA) is 84.9 Å².